The van der Waals surface area contributed by atoms with Crippen molar-refractivity contribution in [3.05, 3.63) is 46.2 Å². The maximum absolute atomic E-state index is 12.8. The molecule has 146 valence electrons. The average molecular weight is 431 g/mol. The Bertz CT molecular complexity index is 806. The molecule has 0 aliphatic carbocycles. The van der Waals surface area contributed by atoms with Crippen molar-refractivity contribution >= 4 is 41.5 Å². The van der Waals surface area contributed by atoms with Gasteiger partial charge in [-0.3, -0.25) is 9.69 Å². The van der Waals surface area contributed by atoms with Crippen LogP contribution < -0.4 is 5.32 Å². The Labute approximate surface area is 174 Å². The summed E-state index contributed by atoms with van der Waals surface area (Å²) in [7, 11) is 0. The lowest BCUT2D eigenvalue weighted by atomic mass is 10.2. The van der Waals surface area contributed by atoms with Gasteiger partial charge >= 0.3 is 0 Å². The standard InChI is InChI=1S/C18H21Cl2N5O.ClH/c19-15-2-1-13(11-16(15)20)25-8-4-17(22-25)18(26)24-7-3-14(12-24)23-9-5-21-6-10-23;/h1-2,4,8,11,14,21H,3,5-7,9-10,12H2;1H. The molecule has 1 aromatic heterocycles. The molecule has 1 aromatic carbocycles. The molecule has 2 aliphatic rings. The number of benzene rings is 1. The van der Waals surface area contributed by atoms with Crippen LogP contribution in [0.25, 0.3) is 5.69 Å². The first-order valence-electron chi connectivity index (χ1n) is 8.87. The molecule has 0 radical (unpaired) electrons. The number of halogens is 3. The summed E-state index contributed by atoms with van der Waals surface area (Å²) in [5.41, 5.74) is 1.23. The summed E-state index contributed by atoms with van der Waals surface area (Å²) in [6, 6.07) is 7.50. The lowest BCUT2D eigenvalue weighted by Gasteiger charge is -2.32. The van der Waals surface area contributed by atoms with Crippen LogP contribution in [0.2, 0.25) is 10.0 Å². The second kappa shape index (κ2) is 8.80. The fourth-order valence-electron chi connectivity index (χ4n) is 3.64. The molecule has 0 spiro atoms. The average Bonchev–Trinajstić information content (AvgIpc) is 3.34. The summed E-state index contributed by atoms with van der Waals surface area (Å²) >= 11 is 12.0. The number of amides is 1. The molecular weight excluding hydrogens is 409 g/mol. The molecule has 0 bridgehead atoms. The van der Waals surface area contributed by atoms with E-state index < -0.39 is 0 Å². The van der Waals surface area contributed by atoms with E-state index in [0.29, 0.717) is 21.8 Å². The van der Waals surface area contributed by atoms with Gasteiger partial charge in [0.15, 0.2) is 5.69 Å². The van der Waals surface area contributed by atoms with Crippen molar-refractivity contribution in [1.29, 1.82) is 0 Å². The largest absolute Gasteiger partial charge is 0.336 e. The fraction of sp³-hybridized carbons (Fsp3) is 0.444. The van der Waals surface area contributed by atoms with Crippen molar-refractivity contribution in [2.45, 2.75) is 12.5 Å². The van der Waals surface area contributed by atoms with Crippen LogP contribution in [0.4, 0.5) is 0 Å². The molecule has 3 heterocycles. The molecule has 0 saturated carbocycles. The van der Waals surface area contributed by atoms with Crippen LogP contribution in [0.3, 0.4) is 0 Å². The Morgan fingerprint density at radius 1 is 1.11 bits per heavy atom. The molecule has 2 saturated heterocycles. The van der Waals surface area contributed by atoms with Gasteiger partial charge in [0.05, 0.1) is 15.7 Å². The van der Waals surface area contributed by atoms with Gasteiger partial charge < -0.3 is 10.2 Å². The number of aromatic nitrogens is 2. The number of carbonyl (C=O) groups excluding carboxylic acids is 1. The zero-order valence-electron chi connectivity index (χ0n) is 14.8. The number of piperazine rings is 1. The minimum atomic E-state index is -0.0126. The van der Waals surface area contributed by atoms with E-state index in [1.807, 2.05) is 11.0 Å². The maximum atomic E-state index is 12.8. The quantitative estimate of drug-likeness (QED) is 0.813. The molecule has 2 fully saturated rings. The van der Waals surface area contributed by atoms with Crippen molar-refractivity contribution in [2.75, 3.05) is 39.3 Å². The van der Waals surface area contributed by atoms with E-state index in [0.717, 1.165) is 51.4 Å². The van der Waals surface area contributed by atoms with Crippen molar-refractivity contribution in [3.63, 3.8) is 0 Å². The lowest BCUT2D eigenvalue weighted by molar-refractivity contribution is 0.0767. The first-order chi connectivity index (χ1) is 12.6. The smallest absolute Gasteiger partial charge is 0.274 e. The highest BCUT2D eigenvalue weighted by atomic mass is 35.5. The van der Waals surface area contributed by atoms with Crippen LogP contribution >= 0.6 is 35.6 Å². The first kappa shape index (κ1) is 20.4. The number of hydrogen-bond donors (Lipinski definition) is 1. The highest BCUT2D eigenvalue weighted by molar-refractivity contribution is 6.42. The molecule has 1 atom stereocenters. The van der Waals surface area contributed by atoms with Gasteiger partial charge in [0.25, 0.3) is 5.91 Å². The maximum Gasteiger partial charge on any atom is 0.274 e. The van der Waals surface area contributed by atoms with Gasteiger partial charge in [0.1, 0.15) is 0 Å². The van der Waals surface area contributed by atoms with Crippen molar-refractivity contribution < 1.29 is 4.79 Å². The third-order valence-corrected chi connectivity index (χ3v) is 5.83. The minimum absolute atomic E-state index is 0. The molecule has 2 aromatic rings. The SMILES string of the molecule is Cl.O=C(c1ccn(-c2ccc(Cl)c(Cl)c2)n1)N1CCC(N2CCNCC2)C1. The summed E-state index contributed by atoms with van der Waals surface area (Å²) in [4.78, 5) is 17.2. The second-order valence-corrected chi connectivity index (χ2v) is 7.54. The van der Waals surface area contributed by atoms with Gasteiger partial charge in [-0.1, -0.05) is 23.2 Å². The van der Waals surface area contributed by atoms with Crippen LogP contribution in [0, 0.1) is 0 Å². The van der Waals surface area contributed by atoms with Crippen molar-refractivity contribution in [2.24, 2.45) is 0 Å². The van der Waals surface area contributed by atoms with Gasteiger partial charge in [0.2, 0.25) is 0 Å². The second-order valence-electron chi connectivity index (χ2n) is 6.72. The first-order valence-corrected chi connectivity index (χ1v) is 9.62. The fourth-order valence-corrected chi connectivity index (χ4v) is 3.94. The Morgan fingerprint density at radius 3 is 2.63 bits per heavy atom. The van der Waals surface area contributed by atoms with Crippen LogP contribution in [-0.4, -0.2) is 70.8 Å². The molecule has 4 rings (SSSR count). The Morgan fingerprint density at radius 2 is 1.89 bits per heavy atom. The Kier molecular flexibility index (Phi) is 6.65. The Balaban J connectivity index is 0.00000210. The number of nitrogens with one attached hydrogen (secondary N) is 1. The van der Waals surface area contributed by atoms with E-state index in [-0.39, 0.29) is 18.3 Å². The van der Waals surface area contributed by atoms with Gasteiger partial charge in [-0.2, -0.15) is 5.10 Å². The molecular formula is C18H22Cl3N5O. The normalized spacial score (nSPS) is 20.5. The third kappa shape index (κ3) is 4.41. The molecule has 1 amide bonds. The van der Waals surface area contributed by atoms with Crippen LogP contribution in [0.1, 0.15) is 16.9 Å². The highest BCUT2D eigenvalue weighted by Gasteiger charge is 2.32. The monoisotopic (exact) mass is 429 g/mol. The molecule has 9 heteroatoms. The van der Waals surface area contributed by atoms with E-state index in [9.17, 15) is 4.79 Å². The predicted octanol–water partition coefficient (Wildman–Crippen LogP) is 2.72. The summed E-state index contributed by atoms with van der Waals surface area (Å²) in [6.45, 7) is 5.72. The number of rotatable bonds is 3. The minimum Gasteiger partial charge on any atom is -0.336 e. The van der Waals surface area contributed by atoms with Crippen molar-refractivity contribution in [1.82, 2.24) is 24.9 Å². The molecule has 27 heavy (non-hydrogen) atoms. The number of likely N-dealkylation sites (tertiary alicyclic amines) is 1. The summed E-state index contributed by atoms with van der Waals surface area (Å²) in [6.07, 6.45) is 2.80. The van der Waals surface area contributed by atoms with Gasteiger partial charge in [-0.25, -0.2) is 4.68 Å². The summed E-state index contributed by atoms with van der Waals surface area (Å²) < 4.78 is 1.65. The zero-order valence-corrected chi connectivity index (χ0v) is 17.1. The van der Waals surface area contributed by atoms with Gasteiger partial charge in [-0.15, -0.1) is 12.4 Å². The van der Waals surface area contributed by atoms with Crippen LogP contribution in [-0.2, 0) is 0 Å². The number of carbonyl (C=O) groups is 1. The van der Waals surface area contributed by atoms with E-state index >= 15 is 0 Å². The molecule has 6 nitrogen and oxygen atoms in total. The van der Waals surface area contributed by atoms with Crippen LogP contribution in [0.5, 0.6) is 0 Å². The third-order valence-electron chi connectivity index (χ3n) is 5.09. The predicted molar refractivity (Wildman–Crippen MR) is 110 cm³/mol. The lowest BCUT2D eigenvalue weighted by Crippen LogP contribution is -2.49. The topological polar surface area (TPSA) is 53.4 Å². The highest BCUT2D eigenvalue weighted by Crippen LogP contribution is 2.24. The summed E-state index contributed by atoms with van der Waals surface area (Å²) in [5, 5.41) is 8.76. The van der Waals surface area contributed by atoms with E-state index in [2.05, 4.69) is 15.3 Å². The van der Waals surface area contributed by atoms with E-state index in [1.165, 1.54) is 0 Å². The zero-order chi connectivity index (χ0) is 18.1. The van der Waals surface area contributed by atoms with E-state index in [1.54, 1.807) is 29.1 Å². The Hall–Kier alpha value is -1.31. The molecule has 2 aliphatic heterocycles. The number of nitrogens with zero attached hydrogens (tertiary/aromatic N) is 4. The van der Waals surface area contributed by atoms with Crippen molar-refractivity contribution in [3.8, 4) is 5.69 Å². The summed E-state index contributed by atoms with van der Waals surface area (Å²) in [5.74, 6) is -0.0126. The molecule has 1 unspecified atom stereocenters. The van der Waals surface area contributed by atoms with Gasteiger partial charge in [0, 0.05) is 51.5 Å². The molecule has 1 N–H and O–H groups in total. The van der Waals surface area contributed by atoms with E-state index in [4.69, 9.17) is 23.2 Å². The van der Waals surface area contributed by atoms with Crippen LogP contribution in [0.15, 0.2) is 30.5 Å². The number of hydrogen-bond acceptors (Lipinski definition) is 4. The van der Waals surface area contributed by atoms with Gasteiger partial charge in [-0.05, 0) is 30.7 Å².